The minimum absolute atomic E-state index is 0.0411. The normalized spacial score (nSPS) is 12.7. The van der Waals surface area contributed by atoms with Crippen LogP contribution in [0.1, 0.15) is 12.8 Å². The quantitative estimate of drug-likeness (QED) is 0.383. The number of benzene rings is 1. The van der Waals surface area contributed by atoms with Crippen molar-refractivity contribution in [3.05, 3.63) is 24.3 Å². The third kappa shape index (κ3) is 7.01. The number of hydrogen-bond acceptors (Lipinski definition) is 6. The second-order valence-corrected chi connectivity index (χ2v) is 6.51. The Bertz CT molecular complexity index is 676. The average molecular weight is 380 g/mol. The molecule has 1 aliphatic rings. The summed E-state index contributed by atoms with van der Waals surface area (Å²) in [6, 6.07) is 6.91. The molecule has 140 valence electrons. The fourth-order valence-electron chi connectivity index (χ4n) is 1.81. The van der Waals surface area contributed by atoms with Gasteiger partial charge in [-0.2, -0.15) is 0 Å². The summed E-state index contributed by atoms with van der Waals surface area (Å²) in [5, 5.41) is 5.18. The summed E-state index contributed by atoms with van der Waals surface area (Å²) in [6.45, 7) is 0. The highest BCUT2D eigenvalue weighted by Gasteiger charge is 2.26. The largest absolute Gasteiger partial charge is 0.497 e. The minimum atomic E-state index is -0.924. The van der Waals surface area contributed by atoms with Gasteiger partial charge >= 0.3 is 11.8 Å². The van der Waals surface area contributed by atoms with Crippen LogP contribution in [-0.4, -0.2) is 48.3 Å². The molecular weight excluding hydrogens is 360 g/mol. The second-order valence-electron chi connectivity index (χ2n) is 5.52. The van der Waals surface area contributed by atoms with Gasteiger partial charge in [-0.05, 0) is 37.1 Å². The molecular formula is C16H20N4O5S. The molecule has 4 amide bonds. The Kier molecular flexibility index (Phi) is 7.27. The van der Waals surface area contributed by atoms with Gasteiger partial charge in [-0.3, -0.25) is 30.0 Å². The molecule has 0 aliphatic heterocycles. The summed E-state index contributed by atoms with van der Waals surface area (Å²) in [4.78, 5) is 46.2. The molecule has 2 rings (SSSR count). The van der Waals surface area contributed by atoms with Crippen LogP contribution >= 0.6 is 11.8 Å². The number of rotatable bonds is 7. The monoisotopic (exact) mass is 380 g/mol. The van der Waals surface area contributed by atoms with Crippen LogP contribution in [-0.2, 0) is 19.2 Å². The first-order chi connectivity index (χ1) is 12.5. The van der Waals surface area contributed by atoms with E-state index in [2.05, 4.69) is 16.1 Å². The summed E-state index contributed by atoms with van der Waals surface area (Å²) in [5.74, 6) is -1.77. The van der Waals surface area contributed by atoms with Gasteiger partial charge in [-0.25, -0.2) is 0 Å². The first-order valence-electron chi connectivity index (χ1n) is 7.89. The topological polar surface area (TPSA) is 126 Å². The van der Waals surface area contributed by atoms with E-state index in [9.17, 15) is 19.2 Å². The van der Waals surface area contributed by atoms with Crippen molar-refractivity contribution >= 4 is 41.1 Å². The number of methoxy groups -OCH3 is 1. The van der Waals surface area contributed by atoms with Gasteiger partial charge in [0.2, 0.25) is 11.8 Å². The van der Waals surface area contributed by atoms with E-state index in [1.54, 1.807) is 31.4 Å². The zero-order chi connectivity index (χ0) is 18.9. The molecule has 1 aliphatic carbocycles. The van der Waals surface area contributed by atoms with Crippen molar-refractivity contribution in [2.45, 2.75) is 18.9 Å². The van der Waals surface area contributed by atoms with Crippen LogP contribution in [0.15, 0.2) is 24.3 Å². The van der Waals surface area contributed by atoms with Gasteiger partial charge < -0.3 is 15.4 Å². The predicted molar refractivity (Wildman–Crippen MR) is 96.4 cm³/mol. The van der Waals surface area contributed by atoms with Crippen LogP contribution in [0.2, 0.25) is 0 Å². The highest BCUT2D eigenvalue weighted by molar-refractivity contribution is 8.00. The number of nitrogens with one attached hydrogen (secondary N) is 4. The SMILES string of the molecule is COc1ccc(NC(=O)CSCC(=O)NNC(=O)C(=O)NC2CC2)cc1. The molecule has 0 heterocycles. The molecule has 10 heteroatoms. The zero-order valence-corrected chi connectivity index (χ0v) is 15.0. The Balaban J connectivity index is 1.58. The van der Waals surface area contributed by atoms with Crippen molar-refractivity contribution in [3.63, 3.8) is 0 Å². The number of hydrogen-bond donors (Lipinski definition) is 4. The molecule has 0 saturated heterocycles. The van der Waals surface area contributed by atoms with Crippen LogP contribution in [0.3, 0.4) is 0 Å². The second kappa shape index (κ2) is 9.66. The van der Waals surface area contributed by atoms with E-state index in [0.29, 0.717) is 11.4 Å². The van der Waals surface area contributed by atoms with E-state index >= 15 is 0 Å². The molecule has 4 N–H and O–H groups in total. The molecule has 1 saturated carbocycles. The molecule has 0 aromatic heterocycles. The number of amides is 4. The Hall–Kier alpha value is -2.75. The Morgan fingerprint density at radius 1 is 1.00 bits per heavy atom. The standard InChI is InChI=1S/C16H20N4O5S/c1-25-12-6-4-10(5-7-12)17-13(21)8-26-9-14(22)19-20-16(24)15(23)18-11-2-3-11/h4-7,11H,2-3,8-9H2,1H3,(H,17,21)(H,18,23)(H,19,22)(H,20,24). The lowest BCUT2D eigenvalue weighted by Gasteiger charge is -2.08. The highest BCUT2D eigenvalue weighted by atomic mass is 32.2. The minimum Gasteiger partial charge on any atom is -0.497 e. The van der Waals surface area contributed by atoms with Gasteiger partial charge in [0, 0.05) is 11.7 Å². The Morgan fingerprint density at radius 3 is 2.27 bits per heavy atom. The molecule has 0 unspecified atom stereocenters. The lowest BCUT2D eigenvalue weighted by Crippen LogP contribution is -2.49. The van der Waals surface area contributed by atoms with E-state index in [0.717, 1.165) is 24.6 Å². The van der Waals surface area contributed by atoms with Crippen LogP contribution in [0.25, 0.3) is 0 Å². The van der Waals surface area contributed by atoms with Gasteiger partial charge in [-0.15, -0.1) is 11.8 Å². The molecule has 0 spiro atoms. The fraction of sp³-hybridized carbons (Fsp3) is 0.375. The van der Waals surface area contributed by atoms with Crippen LogP contribution in [0.5, 0.6) is 5.75 Å². The maximum Gasteiger partial charge on any atom is 0.327 e. The third-order valence-electron chi connectivity index (χ3n) is 3.27. The molecule has 1 aromatic carbocycles. The lowest BCUT2D eigenvalue weighted by atomic mass is 10.3. The molecule has 9 nitrogen and oxygen atoms in total. The number of ether oxygens (including phenoxy) is 1. The smallest absolute Gasteiger partial charge is 0.327 e. The van der Waals surface area contributed by atoms with Crippen molar-refractivity contribution in [1.82, 2.24) is 16.2 Å². The number of thioether (sulfide) groups is 1. The summed E-state index contributed by atoms with van der Waals surface area (Å²) >= 11 is 1.08. The molecule has 1 fully saturated rings. The van der Waals surface area contributed by atoms with E-state index in [1.807, 2.05) is 5.43 Å². The first-order valence-corrected chi connectivity index (χ1v) is 9.04. The summed E-state index contributed by atoms with van der Waals surface area (Å²) in [7, 11) is 1.55. The van der Waals surface area contributed by atoms with Crippen molar-refractivity contribution in [1.29, 1.82) is 0 Å². The highest BCUT2D eigenvalue weighted by Crippen LogP contribution is 2.18. The first kappa shape index (κ1) is 19.6. The van der Waals surface area contributed by atoms with E-state index < -0.39 is 17.7 Å². The lowest BCUT2D eigenvalue weighted by molar-refractivity contribution is -0.140. The van der Waals surface area contributed by atoms with Gasteiger partial charge in [0.15, 0.2) is 0 Å². The molecule has 1 aromatic rings. The van der Waals surface area contributed by atoms with E-state index in [1.165, 1.54) is 0 Å². The van der Waals surface area contributed by atoms with Gasteiger partial charge in [-0.1, -0.05) is 0 Å². The average Bonchev–Trinajstić information content (AvgIpc) is 3.44. The van der Waals surface area contributed by atoms with Crippen molar-refractivity contribution in [3.8, 4) is 5.75 Å². The number of carbonyl (C=O) groups is 4. The van der Waals surface area contributed by atoms with Crippen molar-refractivity contribution in [2.24, 2.45) is 0 Å². The molecule has 0 atom stereocenters. The predicted octanol–water partition coefficient (Wildman–Crippen LogP) is -0.207. The van der Waals surface area contributed by atoms with E-state index in [4.69, 9.17) is 4.74 Å². The van der Waals surface area contributed by atoms with Crippen LogP contribution in [0, 0.1) is 0 Å². The fourth-order valence-corrected chi connectivity index (χ4v) is 2.42. The Labute approximate surface area is 154 Å². The Morgan fingerprint density at radius 2 is 1.65 bits per heavy atom. The van der Waals surface area contributed by atoms with Crippen molar-refractivity contribution < 1.29 is 23.9 Å². The van der Waals surface area contributed by atoms with Crippen LogP contribution in [0.4, 0.5) is 5.69 Å². The molecule has 26 heavy (non-hydrogen) atoms. The number of anilines is 1. The van der Waals surface area contributed by atoms with Gasteiger partial charge in [0.05, 0.1) is 18.6 Å². The summed E-state index contributed by atoms with van der Waals surface area (Å²) in [5.41, 5.74) is 4.78. The van der Waals surface area contributed by atoms with E-state index in [-0.39, 0.29) is 23.5 Å². The maximum absolute atomic E-state index is 11.8. The summed E-state index contributed by atoms with van der Waals surface area (Å²) < 4.78 is 5.03. The zero-order valence-electron chi connectivity index (χ0n) is 14.2. The summed E-state index contributed by atoms with van der Waals surface area (Å²) in [6.07, 6.45) is 1.72. The van der Waals surface area contributed by atoms with Gasteiger partial charge in [0.25, 0.3) is 0 Å². The van der Waals surface area contributed by atoms with Crippen LogP contribution < -0.4 is 26.2 Å². The maximum atomic E-state index is 11.8. The third-order valence-corrected chi connectivity index (χ3v) is 4.21. The van der Waals surface area contributed by atoms with Crippen molar-refractivity contribution in [2.75, 3.05) is 23.9 Å². The molecule has 0 radical (unpaired) electrons. The number of carbonyl (C=O) groups excluding carboxylic acids is 4. The number of hydrazine groups is 1. The molecule has 0 bridgehead atoms. The van der Waals surface area contributed by atoms with Gasteiger partial charge in [0.1, 0.15) is 5.75 Å².